The smallest absolute Gasteiger partial charge is 0.227 e. The molecule has 3 N–H and O–H groups in total. The van der Waals surface area contributed by atoms with Crippen molar-refractivity contribution in [2.24, 2.45) is 27.9 Å². The average Bonchev–Trinajstić information content (AvgIpc) is 2.75. The zero-order chi connectivity index (χ0) is 13.8. The van der Waals surface area contributed by atoms with Crippen LogP contribution < -0.4 is 11.1 Å². The maximum Gasteiger partial charge on any atom is 0.227 e. The molecule has 18 heavy (non-hydrogen) atoms. The van der Waals surface area contributed by atoms with Gasteiger partial charge in [0.25, 0.3) is 0 Å². The van der Waals surface area contributed by atoms with Gasteiger partial charge >= 0.3 is 0 Å². The van der Waals surface area contributed by atoms with Crippen molar-refractivity contribution < 1.29 is 4.79 Å². The monoisotopic (exact) mass is 252 g/mol. The molecule has 0 aromatic carbocycles. The SMILES string of the molecule is CC(C)(CN)C(=O)NC1C2(C)CCC(C2)C1(C)C. The van der Waals surface area contributed by atoms with Gasteiger partial charge in [0.2, 0.25) is 5.91 Å². The Balaban J connectivity index is 2.17. The second-order valence-electron chi connectivity index (χ2n) is 7.91. The van der Waals surface area contributed by atoms with Crippen LogP contribution in [0.15, 0.2) is 0 Å². The maximum absolute atomic E-state index is 12.4. The van der Waals surface area contributed by atoms with E-state index in [1.54, 1.807) is 0 Å². The van der Waals surface area contributed by atoms with Gasteiger partial charge in [-0.2, -0.15) is 0 Å². The van der Waals surface area contributed by atoms with Gasteiger partial charge in [-0.15, -0.1) is 0 Å². The molecule has 2 fully saturated rings. The molecular formula is C15H28N2O. The number of rotatable bonds is 3. The predicted octanol–water partition coefficient (Wildman–Crippen LogP) is 2.30. The molecule has 3 nitrogen and oxygen atoms in total. The first-order valence-electron chi connectivity index (χ1n) is 7.14. The number of nitrogens with one attached hydrogen (secondary N) is 1. The van der Waals surface area contributed by atoms with Gasteiger partial charge in [-0.05, 0) is 49.9 Å². The Morgan fingerprint density at radius 2 is 2.00 bits per heavy atom. The Morgan fingerprint density at radius 1 is 1.39 bits per heavy atom. The fourth-order valence-corrected chi connectivity index (χ4v) is 4.08. The van der Waals surface area contributed by atoms with E-state index in [0.717, 1.165) is 5.92 Å². The molecule has 2 rings (SSSR count). The highest BCUT2D eigenvalue weighted by Gasteiger charge is 2.60. The Bertz CT molecular complexity index is 357. The van der Waals surface area contributed by atoms with Crippen LogP contribution in [-0.2, 0) is 4.79 Å². The van der Waals surface area contributed by atoms with Crippen molar-refractivity contribution in [1.29, 1.82) is 0 Å². The third kappa shape index (κ3) is 1.87. The van der Waals surface area contributed by atoms with Crippen LogP contribution in [0, 0.1) is 22.2 Å². The van der Waals surface area contributed by atoms with Crippen LogP contribution in [0.5, 0.6) is 0 Å². The van der Waals surface area contributed by atoms with Crippen molar-refractivity contribution in [2.75, 3.05) is 6.54 Å². The lowest BCUT2D eigenvalue weighted by atomic mass is 9.68. The van der Waals surface area contributed by atoms with Gasteiger partial charge in [0.05, 0.1) is 5.41 Å². The van der Waals surface area contributed by atoms with Gasteiger partial charge in [0.15, 0.2) is 0 Å². The van der Waals surface area contributed by atoms with Gasteiger partial charge in [-0.3, -0.25) is 4.79 Å². The quantitative estimate of drug-likeness (QED) is 0.810. The summed E-state index contributed by atoms with van der Waals surface area (Å²) in [5.41, 5.74) is 5.73. The first-order valence-corrected chi connectivity index (χ1v) is 7.14. The van der Waals surface area contributed by atoms with Crippen molar-refractivity contribution in [3.05, 3.63) is 0 Å². The number of nitrogens with two attached hydrogens (primary N) is 1. The highest BCUT2D eigenvalue weighted by Crippen LogP contribution is 2.62. The summed E-state index contributed by atoms with van der Waals surface area (Å²) in [6.45, 7) is 11.2. The topological polar surface area (TPSA) is 55.1 Å². The van der Waals surface area contributed by atoms with Crippen molar-refractivity contribution in [3.63, 3.8) is 0 Å². The minimum Gasteiger partial charge on any atom is -0.352 e. The number of hydrogen-bond acceptors (Lipinski definition) is 2. The summed E-state index contributed by atoms with van der Waals surface area (Å²) in [5, 5.41) is 3.31. The second-order valence-corrected chi connectivity index (χ2v) is 7.91. The predicted molar refractivity (Wildman–Crippen MR) is 74.0 cm³/mol. The third-order valence-electron chi connectivity index (χ3n) is 5.67. The van der Waals surface area contributed by atoms with Crippen LogP contribution in [0.4, 0.5) is 0 Å². The van der Waals surface area contributed by atoms with Crippen molar-refractivity contribution in [2.45, 2.75) is 59.9 Å². The average molecular weight is 252 g/mol. The van der Waals surface area contributed by atoms with Gasteiger partial charge < -0.3 is 11.1 Å². The molecule has 2 bridgehead atoms. The summed E-state index contributed by atoms with van der Waals surface area (Å²) in [4.78, 5) is 12.4. The van der Waals surface area contributed by atoms with Crippen LogP contribution in [0.3, 0.4) is 0 Å². The highest BCUT2D eigenvalue weighted by molar-refractivity contribution is 5.82. The standard InChI is InChI=1S/C15H28N2O/c1-13(2,9-16)12(18)17-11-14(3,4)10-6-7-15(11,5)8-10/h10-11H,6-9,16H2,1-5H3,(H,17,18). The number of carbonyl (C=O) groups is 1. The molecule has 1 amide bonds. The lowest BCUT2D eigenvalue weighted by Crippen LogP contribution is -2.56. The number of carbonyl (C=O) groups excluding carboxylic acids is 1. The fraction of sp³-hybridized carbons (Fsp3) is 0.933. The van der Waals surface area contributed by atoms with Gasteiger partial charge in [-0.25, -0.2) is 0 Å². The molecular weight excluding hydrogens is 224 g/mol. The van der Waals surface area contributed by atoms with Crippen LogP contribution in [0.2, 0.25) is 0 Å². The molecule has 2 aliphatic rings. The third-order valence-corrected chi connectivity index (χ3v) is 5.67. The largest absolute Gasteiger partial charge is 0.352 e. The van der Waals surface area contributed by atoms with Crippen LogP contribution in [-0.4, -0.2) is 18.5 Å². The van der Waals surface area contributed by atoms with Crippen molar-refractivity contribution in [3.8, 4) is 0 Å². The van der Waals surface area contributed by atoms with Gasteiger partial charge in [-0.1, -0.05) is 20.8 Å². The minimum atomic E-state index is -0.464. The summed E-state index contributed by atoms with van der Waals surface area (Å²) in [6, 6.07) is 0.294. The molecule has 2 saturated carbocycles. The Hall–Kier alpha value is -0.570. The van der Waals surface area contributed by atoms with Crippen LogP contribution >= 0.6 is 0 Å². The molecule has 0 aromatic heterocycles. The first-order chi connectivity index (χ1) is 8.13. The zero-order valence-corrected chi connectivity index (χ0v) is 12.5. The Morgan fingerprint density at radius 3 is 2.44 bits per heavy atom. The van der Waals surface area contributed by atoms with E-state index >= 15 is 0 Å². The molecule has 3 unspecified atom stereocenters. The first kappa shape index (κ1) is 13.9. The van der Waals surface area contributed by atoms with Gasteiger partial charge in [0, 0.05) is 12.6 Å². The van der Waals surface area contributed by atoms with E-state index in [-0.39, 0.29) is 16.7 Å². The second kappa shape index (κ2) is 3.96. The van der Waals surface area contributed by atoms with E-state index in [4.69, 9.17) is 5.73 Å². The molecule has 0 spiro atoms. The fourth-order valence-electron chi connectivity index (χ4n) is 4.08. The molecule has 0 saturated heterocycles. The normalized spacial score (nSPS) is 37.9. The summed E-state index contributed by atoms with van der Waals surface area (Å²) in [6.07, 6.45) is 3.82. The number of amides is 1. The molecule has 0 aliphatic heterocycles. The maximum atomic E-state index is 12.4. The summed E-state index contributed by atoms with van der Waals surface area (Å²) in [5.74, 6) is 0.866. The van der Waals surface area contributed by atoms with Crippen LogP contribution in [0.1, 0.15) is 53.9 Å². The van der Waals surface area contributed by atoms with E-state index in [1.165, 1.54) is 19.3 Å². The van der Waals surface area contributed by atoms with E-state index in [9.17, 15) is 4.79 Å². The molecule has 2 aliphatic carbocycles. The molecule has 104 valence electrons. The van der Waals surface area contributed by atoms with E-state index in [0.29, 0.717) is 12.6 Å². The Labute approximate surface area is 111 Å². The van der Waals surface area contributed by atoms with Crippen molar-refractivity contribution >= 4 is 5.91 Å². The van der Waals surface area contributed by atoms with Crippen LogP contribution in [0.25, 0.3) is 0 Å². The molecule has 3 heteroatoms. The van der Waals surface area contributed by atoms with E-state index < -0.39 is 5.41 Å². The molecule has 0 radical (unpaired) electrons. The number of fused-ring (bicyclic) bond motifs is 2. The zero-order valence-electron chi connectivity index (χ0n) is 12.5. The highest BCUT2D eigenvalue weighted by atomic mass is 16.2. The summed E-state index contributed by atoms with van der Waals surface area (Å²) in [7, 11) is 0. The lowest BCUT2D eigenvalue weighted by Gasteiger charge is -2.44. The Kier molecular flexibility index (Phi) is 3.05. The lowest BCUT2D eigenvalue weighted by molar-refractivity contribution is -0.131. The summed E-state index contributed by atoms with van der Waals surface area (Å²) < 4.78 is 0. The van der Waals surface area contributed by atoms with E-state index in [2.05, 4.69) is 26.1 Å². The summed E-state index contributed by atoms with van der Waals surface area (Å²) >= 11 is 0. The van der Waals surface area contributed by atoms with Gasteiger partial charge in [0.1, 0.15) is 0 Å². The van der Waals surface area contributed by atoms with Crippen molar-refractivity contribution in [1.82, 2.24) is 5.32 Å². The molecule has 0 heterocycles. The molecule has 3 atom stereocenters. The number of hydrogen-bond donors (Lipinski definition) is 2. The molecule has 0 aromatic rings. The minimum absolute atomic E-state index is 0.108. The van der Waals surface area contributed by atoms with E-state index in [1.807, 2.05) is 13.8 Å².